The van der Waals surface area contributed by atoms with Gasteiger partial charge in [0.2, 0.25) is 0 Å². The molecule has 3 nitrogen and oxygen atoms in total. The van der Waals surface area contributed by atoms with E-state index in [-0.39, 0.29) is 12.4 Å². The molecule has 0 amide bonds. The number of nitrogens with zero attached hydrogens (tertiary/aromatic N) is 1. The fourth-order valence-corrected chi connectivity index (χ4v) is 2.23. The molecule has 1 saturated carbocycles. The average molecular weight is 279 g/mol. The van der Waals surface area contributed by atoms with Crippen molar-refractivity contribution in [2.45, 2.75) is 25.7 Å². The number of oxazole rings is 1. The van der Waals surface area contributed by atoms with Crippen LogP contribution in [0.3, 0.4) is 0 Å². The molecule has 1 aliphatic carbocycles. The summed E-state index contributed by atoms with van der Waals surface area (Å²) in [5.41, 5.74) is 9.03. The van der Waals surface area contributed by atoms with Gasteiger partial charge in [-0.15, -0.1) is 12.4 Å². The third kappa shape index (κ3) is 3.37. The lowest BCUT2D eigenvalue weighted by Gasteiger charge is -2.03. The van der Waals surface area contributed by atoms with Gasteiger partial charge in [0.25, 0.3) is 0 Å². The van der Waals surface area contributed by atoms with Crippen LogP contribution in [0.25, 0.3) is 11.3 Å². The summed E-state index contributed by atoms with van der Waals surface area (Å²) in [6.45, 7) is 0.689. The van der Waals surface area contributed by atoms with Crippen LogP contribution in [0.4, 0.5) is 0 Å². The smallest absolute Gasteiger partial charge is 0.181 e. The summed E-state index contributed by atoms with van der Waals surface area (Å²) in [5.74, 6) is 1.76. The molecule has 0 bridgehead atoms. The Kier molecular flexibility index (Phi) is 4.61. The van der Waals surface area contributed by atoms with Crippen molar-refractivity contribution in [2.75, 3.05) is 6.54 Å². The standard InChI is InChI=1S/C15H18N2O.ClH/c16-8-7-11-3-5-13(6-4-11)15-14(17-10-18-15)9-12-1-2-12;/h3-6,10,12H,1-2,7-9,16H2;1H. The zero-order chi connectivity index (χ0) is 12.4. The Morgan fingerprint density at radius 2 is 1.95 bits per heavy atom. The van der Waals surface area contributed by atoms with Gasteiger partial charge in [0, 0.05) is 5.56 Å². The molecule has 0 aliphatic heterocycles. The van der Waals surface area contributed by atoms with Crippen LogP contribution in [0.2, 0.25) is 0 Å². The molecule has 1 aromatic carbocycles. The van der Waals surface area contributed by atoms with Crippen molar-refractivity contribution in [3.63, 3.8) is 0 Å². The zero-order valence-electron chi connectivity index (χ0n) is 10.8. The summed E-state index contributed by atoms with van der Waals surface area (Å²) >= 11 is 0. The number of benzene rings is 1. The third-order valence-electron chi connectivity index (χ3n) is 3.47. The van der Waals surface area contributed by atoms with E-state index in [0.29, 0.717) is 6.54 Å². The summed E-state index contributed by atoms with van der Waals surface area (Å²) in [4.78, 5) is 4.34. The van der Waals surface area contributed by atoms with Crippen LogP contribution in [0.15, 0.2) is 35.1 Å². The Bertz CT molecular complexity index is 517. The van der Waals surface area contributed by atoms with Gasteiger partial charge in [0.1, 0.15) is 0 Å². The Balaban J connectivity index is 0.00000133. The van der Waals surface area contributed by atoms with Gasteiger partial charge in [-0.25, -0.2) is 4.98 Å². The summed E-state index contributed by atoms with van der Waals surface area (Å²) in [7, 11) is 0. The molecule has 2 N–H and O–H groups in total. The largest absolute Gasteiger partial charge is 0.443 e. The Morgan fingerprint density at radius 3 is 2.58 bits per heavy atom. The maximum Gasteiger partial charge on any atom is 0.181 e. The Hall–Kier alpha value is -1.32. The van der Waals surface area contributed by atoms with E-state index in [2.05, 4.69) is 29.2 Å². The molecule has 1 heterocycles. The molecule has 0 unspecified atom stereocenters. The van der Waals surface area contributed by atoms with Crippen molar-refractivity contribution in [3.05, 3.63) is 41.9 Å². The molecule has 3 rings (SSSR count). The third-order valence-corrected chi connectivity index (χ3v) is 3.47. The van der Waals surface area contributed by atoms with Crippen LogP contribution in [0.1, 0.15) is 24.1 Å². The van der Waals surface area contributed by atoms with Crippen molar-refractivity contribution in [1.82, 2.24) is 4.98 Å². The second kappa shape index (κ2) is 6.22. The number of hydrogen-bond donors (Lipinski definition) is 1. The predicted molar refractivity (Wildman–Crippen MR) is 78.4 cm³/mol. The number of halogens is 1. The summed E-state index contributed by atoms with van der Waals surface area (Å²) in [5, 5.41) is 0. The van der Waals surface area contributed by atoms with Crippen LogP contribution < -0.4 is 5.73 Å². The molecular formula is C15H19ClN2O. The highest BCUT2D eigenvalue weighted by Gasteiger charge is 2.24. The van der Waals surface area contributed by atoms with Crippen molar-refractivity contribution in [1.29, 1.82) is 0 Å². The van der Waals surface area contributed by atoms with Crippen LogP contribution >= 0.6 is 12.4 Å². The SMILES string of the molecule is Cl.NCCc1ccc(-c2ocnc2CC2CC2)cc1. The maximum atomic E-state index is 5.55. The molecular weight excluding hydrogens is 260 g/mol. The second-order valence-corrected chi connectivity index (χ2v) is 5.01. The van der Waals surface area contributed by atoms with Gasteiger partial charge in [0.15, 0.2) is 12.2 Å². The average Bonchev–Trinajstić information content (AvgIpc) is 3.08. The fraction of sp³-hybridized carbons (Fsp3) is 0.400. The lowest BCUT2D eigenvalue weighted by atomic mass is 10.0. The minimum Gasteiger partial charge on any atom is -0.443 e. The number of aromatic nitrogens is 1. The van der Waals surface area contributed by atoms with Gasteiger partial charge >= 0.3 is 0 Å². The number of rotatable bonds is 5. The first kappa shape index (κ1) is 14.1. The fourth-order valence-electron chi connectivity index (χ4n) is 2.23. The maximum absolute atomic E-state index is 5.55. The Labute approximate surface area is 119 Å². The first-order valence-electron chi connectivity index (χ1n) is 6.58. The summed E-state index contributed by atoms with van der Waals surface area (Å²) in [6, 6.07) is 8.43. The van der Waals surface area contributed by atoms with E-state index in [4.69, 9.17) is 10.2 Å². The van der Waals surface area contributed by atoms with Crippen molar-refractivity contribution < 1.29 is 4.42 Å². The predicted octanol–water partition coefficient (Wildman–Crippen LogP) is 3.22. The normalized spacial score (nSPS) is 14.2. The zero-order valence-corrected chi connectivity index (χ0v) is 11.7. The van der Waals surface area contributed by atoms with E-state index >= 15 is 0 Å². The first-order valence-corrected chi connectivity index (χ1v) is 6.58. The van der Waals surface area contributed by atoms with E-state index < -0.39 is 0 Å². The summed E-state index contributed by atoms with van der Waals surface area (Å²) in [6.07, 6.45) is 6.20. The molecule has 0 atom stereocenters. The number of hydrogen-bond acceptors (Lipinski definition) is 3. The molecule has 102 valence electrons. The van der Waals surface area contributed by atoms with E-state index in [1.165, 1.54) is 18.4 Å². The molecule has 1 fully saturated rings. The van der Waals surface area contributed by atoms with Gasteiger partial charge in [0.05, 0.1) is 5.69 Å². The molecule has 0 radical (unpaired) electrons. The Morgan fingerprint density at radius 1 is 1.21 bits per heavy atom. The molecule has 0 spiro atoms. The van der Waals surface area contributed by atoms with E-state index in [1.54, 1.807) is 6.39 Å². The lowest BCUT2D eigenvalue weighted by molar-refractivity contribution is 0.570. The highest BCUT2D eigenvalue weighted by molar-refractivity contribution is 5.85. The minimum absolute atomic E-state index is 0. The first-order chi connectivity index (χ1) is 8.86. The highest BCUT2D eigenvalue weighted by atomic mass is 35.5. The van der Waals surface area contributed by atoms with Gasteiger partial charge in [-0.1, -0.05) is 24.3 Å². The quantitative estimate of drug-likeness (QED) is 0.914. The molecule has 4 heteroatoms. The minimum atomic E-state index is 0. The van der Waals surface area contributed by atoms with Crippen molar-refractivity contribution >= 4 is 12.4 Å². The summed E-state index contributed by atoms with van der Waals surface area (Å²) < 4.78 is 5.54. The molecule has 2 aromatic rings. The van der Waals surface area contributed by atoms with E-state index in [0.717, 1.165) is 35.8 Å². The van der Waals surface area contributed by atoms with Gasteiger partial charge in [-0.05, 0) is 43.7 Å². The van der Waals surface area contributed by atoms with Crippen LogP contribution in [-0.2, 0) is 12.8 Å². The monoisotopic (exact) mass is 278 g/mol. The van der Waals surface area contributed by atoms with E-state index in [1.807, 2.05) is 0 Å². The van der Waals surface area contributed by atoms with Crippen LogP contribution in [0.5, 0.6) is 0 Å². The topological polar surface area (TPSA) is 52.0 Å². The van der Waals surface area contributed by atoms with Crippen molar-refractivity contribution in [3.8, 4) is 11.3 Å². The van der Waals surface area contributed by atoms with Gasteiger partial charge < -0.3 is 10.2 Å². The van der Waals surface area contributed by atoms with Gasteiger partial charge in [-0.3, -0.25) is 0 Å². The number of nitrogens with two attached hydrogens (primary N) is 1. The lowest BCUT2D eigenvalue weighted by Crippen LogP contribution is -2.02. The molecule has 1 aromatic heterocycles. The van der Waals surface area contributed by atoms with Crippen molar-refractivity contribution in [2.24, 2.45) is 11.7 Å². The highest BCUT2D eigenvalue weighted by Crippen LogP contribution is 2.35. The van der Waals surface area contributed by atoms with E-state index in [9.17, 15) is 0 Å². The van der Waals surface area contributed by atoms with Crippen LogP contribution in [0, 0.1) is 5.92 Å². The molecule has 1 aliphatic rings. The van der Waals surface area contributed by atoms with Gasteiger partial charge in [-0.2, -0.15) is 0 Å². The van der Waals surface area contributed by atoms with Crippen LogP contribution in [-0.4, -0.2) is 11.5 Å². The molecule has 19 heavy (non-hydrogen) atoms. The second-order valence-electron chi connectivity index (χ2n) is 5.01. The molecule has 0 saturated heterocycles.